The van der Waals surface area contributed by atoms with E-state index in [-0.39, 0.29) is 11.8 Å². The van der Waals surface area contributed by atoms with E-state index in [1.807, 2.05) is 34.1 Å². The van der Waals surface area contributed by atoms with Crippen LogP contribution < -0.4 is 0 Å². The molecule has 2 fully saturated rings. The summed E-state index contributed by atoms with van der Waals surface area (Å²) >= 11 is 1.66. The predicted molar refractivity (Wildman–Crippen MR) is 102 cm³/mol. The average Bonchev–Trinajstić information content (AvgIpc) is 3.44. The van der Waals surface area contributed by atoms with E-state index in [4.69, 9.17) is 0 Å². The van der Waals surface area contributed by atoms with E-state index in [2.05, 4.69) is 9.97 Å². The Kier molecular flexibility index (Phi) is 5.15. The summed E-state index contributed by atoms with van der Waals surface area (Å²) < 4.78 is 0. The number of aromatic amines is 1. The molecule has 0 radical (unpaired) electrons. The summed E-state index contributed by atoms with van der Waals surface area (Å²) in [5, 5.41) is 0.908. The van der Waals surface area contributed by atoms with E-state index in [1.54, 1.807) is 11.8 Å². The van der Waals surface area contributed by atoms with Crippen molar-refractivity contribution in [3.8, 4) is 0 Å². The Labute approximate surface area is 157 Å². The number of nitrogens with zero attached hydrogens (tertiary/aromatic N) is 3. The SMILES string of the molecule is O=C(CCCSc1nc2ccccc2[nH]1)N1CCN(C(=O)C2CC2)CC1. The van der Waals surface area contributed by atoms with E-state index < -0.39 is 0 Å². The molecule has 1 aliphatic carbocycles. The third-order valence-electron chi connectivity index (χ3n) is 5.01. The second kappa shape index (κ2) is 7.70. The van der Waals surface area contributed by atoms with Gasteiger partial charge in [0.05, 0.1) is 11.0 Å². The van der Waals surface area contributed by atoms with Gasteiger partial charge < -0.3 is 14.8 Å². The van der Waals surface area contributed by atoms with Crippen molar-refractivity contribution in [2.45, 2.75) is 30.8 Å². The lowest BCUT2D eigenvalue weighted by Crippen LogP contribution is -2.51. The zero-order valence-electron chi connectivity index (χ0n) is 14.8. The number of imidazole rings is 1. The first kappa shape index (κ1) is 17.4. The molecule has 2 aliphatic rings. The molecule has 1 aromatic heterocycles. The van der Waals surface area contributed by atoms with Gasteiger partial charge in [-0.15, -0.1) is 0 Å². The molecule has 0 unspecified atom stereocenters. The molecule has 138 valence electrons. The van der Waals surface area contributed by atoms with Crippen LogP contribution in [0.5, 0.6) is 0 Å². The summed E-state index contributed by atoms with van der Waals surface area (Å²) in [7, 11) is 0. The molecule has 0 bridgehead atoms. The number of hydrogen-bond acceptors (Lipinski definition) is 4. The molecule has 1 saturated heterocycles. The highest BCUT2D eigenvalue weighted by Crippen LogP contribution is 2.31. The van der Waals surface area contributed by atoms with Crippen LogP contribution in [0.15, 0.2) is 29.4 Å². The number of H-pyrrole nitrogens is 1. The molecular weight excluding hydrogens is 348 g/mol. The van der Waals surface area contributed by atoms with Gasteiger partial charge in [0.2, 0.25) is 11.8 Å². The number of para-hydroxylation sites is 2. The van der Waals surface area contributed by atoms with Gasteiger partial charge in [-0.3, -0.25) is 9.59 Å². The van der Waals surface area contributed by atoms with E-state index in [0.717, 1.165) is 41.2 Å². The number of amides is 2. The van der Waals surface area contributed by atoms with Gasteiger partial charge in [-0.1, -0.05) is 23.9 Å². The number of rotatable bonds is 6. The van der Waals surface area contributed by atoms with Crippen molar-refractivity contribution in [2.24, 2.45) is 5.92 Å². The molecule has 7 heteroatoms. The zero-order valence-corrected chi connectivity index (χ0v) is 15.6. The lowest BCUT2D eigenvalue weighted by molar-refractivity contribution is -0.140. The Hall–Kier alpha value is -2.02. The van der Waals surface area contributed by atoms with E-state index in [0.29, 0.717) is 38.5 Å². The highest BCUT2D eigenvalue weighted by Gasteiger charge is 2.35. The number of carbonyl (C=O) groups is 2. The highest BCUT2D eigenvalue weighted by atomic mass is 32.2. The van der Waals surface area contributed by atoms with Crippen LogP contribution in [0.4, 0.5) is 0 Å². The van der Waals surface area contributed by atoms with Crippen LogP contribution in [0.1, 0.15) is 25.7 Å². The van der Waals surface area contributed by atoms with Crippen molar-refractivity contribution in [3.63, 3.8) is 0 Å². The molecule has 2 amide bonds. The molecule has 4 rings (SSSR count). The fourth-order valence-electron chi connectivity index (χ4n) is 3.31. The standard InChI is InChI=1S/C19H24N4O2S/c24-17(22-9-11-23(12-10-22)18(25)14-7-8-14)6-3-13-26-19-20-15-4-1-2-5-16(15)21-19/h1-2,4-5,14H,3,6-13H2,(H,20,21). The Bertz CT molecular complexity index is 761. The molecular formula is C19H24N4O2S. The summed E-state index contributed by atoms with van der Waals surface area (Å²) in [6.07, 6.45) is 3.48. The van der Waals surface area contributed by atoms with Gasteiger partial charge in [0.15, 0.2) is 5.16 Å². The van der Waals surface area contributed by atoms with Crippen LogP contribution in [-0.2, 0) is 9.59 Å². The lowest BCUT2D eigenvalue weighted by atomic mass is 10.2. The maximum atomic E-state index is 12.4. The summed E-state index contributed by atoms with van der Waals surface area (Å²) in [4.78, 5) is 36.1. The monoisotopic (exact) mass is 372 g/mol. The minimum Gasteiger partial charge on any atom is -0.339 e. The molecule has 0 atom stereocenters. The number of aromatic nitrogens is 2. The summed E-state index contributed by atoms with van der Waals surface area (Å²) in [6.45, 7) is 2.73. The highest BCUT2D eigenvalue weighted by molar-refractivity contribution is 7.99. The number of hydrogen-bond donors (Lipinski definition) is 1. The van der Waals surface area contributed by atoms with Crippen LogP contribution in [0.25, 0.3) is 11.0 Å². The lowest BCUT2D eigenvalue weighted by Gasteiger charge is -2.35. The summed E-state index contributed by atoms with van der Waals surface area (Å²) in [5.74, 6) is 1.63. The van der Waals surface area contributed by atoms with Crippen LogP contribution in [0.2, 0.25) is 0 Å². The normalized spacial score (nSPS) is 17.7. The quantitative estimate of drug-likeness (QED) is 0.625. The smallest absolute Gasteiger partial charge is 0.225 e. The van der Waals surface area contributed by atoms with Gasteiger partial charge >= 0.3 is 0 Å². The molecule has 1 aromatic carbocycles. The number of fused-ring (bicyclic) bond motifs is 1. The van der Waals surface area contributed by atoms with Crippen LogP contribution >= 0.6 is 11.8 Å². The minimum absolute atomic E-state index is 0.203. The topological polar surface area (TPSA) is 69.3 Å². The van der Waals surface area contributed by atoms with Gasteiger partial charge in [-0.25, -0.2) is 4.98 Å². The first-order chi connectivity index (χ1) is 12.7. The summed E-state index contributed by atoms with van der Waals surface area (Å²) in [6, 6.07) is 7.98. The maximum absolute atomic E-state index is 12.4. The Morgan fingerprint density at radius 2 is 1.85 bits per heavy atom. The molecule has 0 spiro atoms. The van der Waals surface area contributed by atoms with Gasteiger partial charge in [-0.05, 0) is 31.4 Å². The minimum atomic E-state index is 0.203. The molecule has 1 N–H and O–H groups in total. The van der Waals surface area contributed by atoms with Crippen LogP contribution in [0.3, 0.4) is 0 Å². The largest absolute Gasteiger partial charge is 0.339 e. The number of carbonyl (C=O) groups excluding carboxylic acids is 2. The molecule has 2 heterocycles. The number of benzene rings is 1. The summed E-state index contributed by atoms with van der Waals surface area (Å²) in [5.41, 5.74) is 2.02. The first-order valence-corrected chi connectivity index (χ1v) is 10.3. The van der Waals surface area contributed by atoms with E-state index >= 15 is 0 Å². The molecule has 1 aliphatic heterocycles. The second-order valence-electron chi connectivity index (χ2n) is 6.99. The Morgan fingerprint density at radius 3 is 2.58 bits per heavy atom. The van der Waals surface area contributed by atoms with E-state index in [1.165, 1.54) is 0 Å². The fourth-order valence-corrected chi connectivity index (χ4v) is 4.14. The number of thioether (sulfide) groups is 1. The Balaban J connectivity index is 1.17. The number of piperazine rings is 1. The Morgan fingerprint density at radius 1 is 1.12 bits per heavy atom. The van der Waals surface area contributed by atoms with Gasteiger partial charge in [-0.2, -0.15) is 0 Å². The van der Waals surface area contributed by atoms with Crippen molar-refractivity contribution in [2.75, 3.05) is 31.9 Å². The van der Waals surface area contributed by atoms with Crippen molar-refractivity contribution < 1.29 is 9.59 Å². The number of nitrogens with one attached hydrogen (secondary N) is 1. The van der Waals surface area contributed by atoms with E-state index in [9.17, 15) is 9.59 Å². The van der Waals surface area contributed by atoms with Gasteiger partial charge in [0.1, 0.15) is 0 Å². The fraction of sp³-hybridized carbons (Fsp3) is 0.526. The van der Waals surface area contributed by atoms with Crippen LogP contribution in [0, 0.1) is 5.92 Å². The first-order valence-electron chi connectivity index (χ1n) is 9.35. The maximum Gasteiger partial charge on any atom is 0.225 e. The van der Waals surface area contributed by atoms with Crippen molar-refractivity contribution in [1.29, 1.82) is 0 Å². The van der Waals surface area contributed by atoms with Crippen molar-refractivity contribution >= 4 is 34.6 Å². The third-order valence-corrected chi connectivity index (χ3v) is 5.97. The average molecular weight is 372 g/mol. The molecule has 2 aromatic rings. The van der Waals surface area contributed by atoms with Crippen molar-refractivity contribution in [3.05, 3.63) is 24.3 Å². The zero-order chi connectivity index (χ0) is 17.9. The molecule has 26 heavy (non-hydrogen) atoms. The van der Waals surface area contributed by atoms with Crippen LogP contribution in [-0.4, -0.2) is 63.5 Å². The van der Waals surface area contributed by atoms with Gasteiger partial charge in [0, 0.05) is 44.3 Å². The molecule has 6 nitrogen and oxygen atoms in total. The van der Waals surface area contributed by atoms with Gasteiger partial charge in [0.25, 0.3) is 0 Å². The van der Waals surface area contributed by atoms with Crippen molar-refractivity contribution in [1.82, 2.24) is 19.8 Å². The predicted octanol–water partition coefficient (Wildman–Crippen LogP) is 2.52. The molecule has 1 saturated carbocycles. The second-order valence-corrected chi connectivity index (χ2v) is 8.08. The third kappa shape index (κ3) is 4.03.